The van der Waals surface area contributed by atoms with E-state index in [9.17, 15) is 18.0 Å². The molecule has 0 aliphatic heterocycles. The summed E-state index contributed by atoms with van der Waals surface area (Å²) < 4.78 is 40.8. The third-order valence-electron chi connectivity index (χ3n) is 2.63. The summed E-state index contributed by atoms with van der Waals surface area (Å²) in [5, 5.41) is 11.5. The van der Waals surface area contributed by atoms with Crippen LogP contribution in [0.15, 0.2) is 29.8 Å². The Morgan fingerprint density at radius 3 is 2.68 bits per heavy atom. The van der Waals surface area contributed by atoms with Crippen molar-refractivity contribution >= 4 is 12.0 Å². The number of rotatable bonds is 6. The molecule has 0 heterocycles. The van der Waals surface area contributed by atoms with E-state index in [4.69, 9.17) is 5.26 Å². The topological polar surface area (TPSA) is 62.1 Å². The van der Waals surface area contributed by atoms with E-state index < -0.39 is 18.0 Å². The Bertz CT molecular complexity index is 589. The van der Waals surface area contributed by atoms with Crippen LogP contribution in [0.4, 0.5) is 13.2 Å². The molecule has 4 nitrogen and oxygen atoms in total. The number of unbranched alkanes of at least 4 members (excludes halogenated alkanes) is 1. The number of hydrogen-bond acceptors (Lipinski definition) is 3. The second kappa shape index (κ2) is 8.08. The van der Waals surface area contributed by atoms with Gasteiger partial charge in [-0.2, -0.15) is 5.26 Å². The highest BCUT2D eigenvalue weighted by Gasteiger charge is 2.31. The van der Waals surface area contributed by atoms with Crippen LogP contribution >= 0.6 is 0 Å². The second-order valence-corrected chi connectivity index (χ2v) is 4.36. The zero-order valence-corrected chi connectivity index (χ0v) is 11.9. The minimum atomic E-state index is -4.85. The molecule has 1 N–H and O–H groups in total. The van der Waals surface area contributed by atoms with Crippen molar-refractivity contribution in [3.05, 3.63) is 35.4 Å². The molecule has 0 aliphatic carbocycles. The van der Waals surface area contributed by atoms with Crippen LogP contribution in [-0.4, -0.2) is 18.8 Å². The smallest absolute Gasteiger partial charge is 0.405 e. The van der Waals surface area contributed by atoms with Gasteiger partial charge in [-0.05, 0) is 18.6 Å². The number of carbonyl (C=O) groups is 1. The highest BCUT2D eigenvalue weighted by atomic mass is 19.4. The van der Waals surface area contributed by atoms with Gasteiger partial charge in [0.1, 0.15) is 17.4 Å². The standard InChI is InChI=1S/C15H15F3N2O2/c1-2-3-8-20-14(21)12(10-19)9-11-6-4-5-7-13(11)22-15(16,17)18/h4-7,9H,2-3,8H2,1H3,(H,20,21)/b12-9+. The van der Waals surface area contributed by atoms with Gasteiger partial charge in [0.15, 0.2) is 0 Å². The zero-order valence-electron chi connectivity index (χ0n) is 11.9. The first-order chi connectivity index (χ1) is 10.4. The predicted octanol–water partition coefficient (Wildman–Crippen LogP) is 3.41. The van der Waals surface area contributed by atoms with Gasteiger partial charge < -0.3 is 10.1 Å². The number of ether oxygens (including phenoxy) is 1. The van der Waals surface area contributed by atoms with Gasteiger partial charge in [-0.15, -0.1) is 13.2 Å². The van der Waals surface area contributed by atoms with Crippen LogP contribution in [0.5, 0.6) is 5.75 Å². The summed E-state index contributed by atoms with van der Waals surface area (Å²) in [5.74, 6) is -1.10. The summed E-state index contributed by atoms with van der Waals surface area (Å²) in [6.07, 6.45) is -2.16. The lowest BCUT2D eigenvalue weighted by molar-refractivity contribution is -0.274. The largest absolute Gasteiger partial charge is 0.573 e. The molecule has 0 radical (unpaired) electrons. The molecule has 0 saturated carbocycles. The van der Waals surface area contributed by atoms with Gasteiger partial charge in [-0.25, -0.2) is 0 Å². The fourth-order valence-corrected chi connectivity index (χ4v) is 1.60. The Morgan fingerprint density at radius 2 is 2.09 bits per heavy atom. The van der Waals surface area contributed by atoms with E-state index in [1.54, 1.807) is 6.07 Å². The SMILES string of the molecule is CCCCNC(=O)/C(C#N)=C/c1ccccc1OC(F)(F)F. The molecule has 0 aliphatic rings. The fraction of sp³-hybridized carbons (Fsp3) is 0.333. The second-order valence-electron chi connectivity index (χ2n) is 4.36. The quantitative estimate of drug-likeness (QED) is 0.497. The zero-order chi connectivity index (χ0) is 16.6. The number of carbonyl (C=O) groups excluding carboxylic acids is 1. The van der Waals surface area contributed by atoms with E-state index in [1.807, 2.05) is 6.92 Å². The first-order valence-corrected chi connectivity index (χ1v) is 6.62. The first-order valence-electron chi connectivity index (χ1n) is 6.62. The molecule has 0 spiro atoms. The molecule has 1 aromatic rings. The van der Waals surface area contributed by atoms with Crippen molar-refractivity contribution in [3.63, 3.8) is 0 Å². The molecule has 0 fully saturated rings. The number of nitrogens with one attached hydrogen (secondary N) is 1. The highest BCUT2D eigenvalue weighted by Crippen LogP contribution is 2.27. The van der Waals surface area contributed by atoms with E-state index in [1.165, 1.54) is 18.2 Å². The van der Waals surface area contributed by atoms with Crippen molar-refractivity contribution < 1.29 is 22.7 Å². The van der Waals surface area contributed by atoms with E-state index in [0.29, 0.717) is 6.54 Å². The minimum absolute atomic E-state index is 0.00187. The summed E-state index contributed by atoms with van der Waals surface area (Å²) in [6, 6.07) is 6.98. The lowest BCUT2D eigenvalue weighted by Crippen LogP contribution is -2.25. The highest BCUT2D eigenvalue weighted by molar-refractivity contribution is 6.01. The fourth-order valence-electron chi connectivity index (χ4n) is 1.60. The van der Waals surface area contributed by atoms with E-state index in [0.717, 1.165) is 25.0 Å². The lowest BCUT2D eigenvalue weighted by atomic mass is 10.1. The van der Waals surface area contributed by atoms with Gasteiger partial charge in [-0.3, -0.25) is 4.79 Å². The Morgan fingerprint density at radius 1 is 1.41 bits per heavy atom. The number of benzene rings is 1. The van der Waals surface area contributed by atoms with E-state index in [-0.39, 0.29) is 11.1 Å². The molecule has 118 valence electrons. The first kappa shape index (κ1) is 17.6. The number of para-hydroxylation sites is 1. The molecule has 0 bridgehead atoms. The van der Waals surface area contributed by atoms with Gasteiger partial charge in [0.2, 0.25) is 0 Å². The number of hydrogen-bond donors (Lipinski definition) is 1. The molecule has 1 aromatic carbocycles. The van der Waals surface area contributed by atoms with Gasteiger partial charge >= 0.3 is 6.36 Å². The Kier molecular flexibility index (Phi) is 6.45. The molecule has 0 aromatic heterocycles. The predicted molar refractivity (Wildman–Crippen MR) is 74.6 cm³/mol. The van der Waals surface area contributed by atoms with Crippen LogP contribution in [0.1, 0.15) is 25.3 Å². The van der Waals surface area contributed by atoms with Crippen LogP contribution in [0, 0.1) is 11.3 Å². The third-order valence-corrected chi connectivity index (χ3v) is 2.63. The molecule has 0 atom stereocenters. The third kappa shape index (κ3) is 5.87. The molecular formula is C15H15F3N2O2. The average Bonchev–Trinajstić information content (AvgIpc) is 2.44. The Hall–Kier alpha value is -2.49. The van der Waals surface area contributed by atoms with Crippen LogP contribution in [0.25, 0.3) is 6.08 Å². The van der Waals surface area contributed by atoms with Crippen molar-refractivity contribution in [3.8, 4) is 11.8 Å². The number of halogens is 3. The minimum Gasteiger partial charge on any atom is -0.405 e. The Balaban J connectivity index is 2.98. The van der Waals surface area contributed by atoms with E-state index >= 15 is 0 Å². The normalized spacial score (nSPS) is 11.7. The molecule has 22 heavy (non-hydrogen) atoms. The van der Waals surface area contributed by atoms with Gasteiger partial charge in [0, 0.05) is 12.1 Å². The molecule has 1 rings (SSSR count). The van der Waals surface area contributed by atoms with Gasteiger partial charge in [0.05, 0.1) is 0 Å². The maximum absolute atomic E-state index is 12.3. The van der Waals surface area contributed by atoms with Crippen LogP contribution in [0.3, 0.4) is 0 Å². The maximum atomic E-state index is 12.3. The summed E-state index contributed by atoms with van der Waals surface area (Å²) in [7, 11) is 0. The number of nitriles is 1. The van der Waals surface area contributed by atoms with Crippen molar-refractivity contribution in [2.75, 3.05) is 6.54 Å². The lowest BCUT2D eigenvalue weighted by Gasteiger charge is -2.11. The number of amides is 1. The number of alkyl halides is 3. The summed E-state index contributed by atoms with van der Waals surface area (Å²) in [4.78, 5) is 11.8. The van der Waals surface area contributed by atoms with Crippen molar-refractivity contribution in [1.82, 2.24) is 5.32 Å². The summed E-state index contributed by atoms with van der Waals surface area (Å²) in [5.41, 5.74) is -0.281. The van der Waals surface area contributed by atoms with Crippen molar-refractivity contribution in [2.24, 2.45) is 0 Å². The van der Waals surface area contributed by atoms with Crippen LogP contribution in [-0.2, 0) is 4.79 Å². The average molecular weight is 312 g/mol. The molecular weight excluding hydrogens is 297 g/mol. The van der Waals surface area contributed by atoms with Gasteiger partial charge in [0.25, 0.3) is 5.91 Å². The summed E-state index contributed by atoms with van der Waals surface area (Å²) >= 11 is 0. The molecule has 1 amide bonds. The van der Waals surface area contributed by atoms with Gasteiger partial charge in [-0.1, -0.05) is 31.5 Å². The van der Waals surface area contributed by atoms with Crippen molar-refractivity contribution in [2.45, 2.75) is 26.1 Å². The molecule has 0 saturated heterocycles. The molecule has 7 heteroatoms. The monoisotopic (exact) mass is 312 g/mol. The van der Waals surface area contributed by atoms with Crippen LogP contribution < -0.4 is 10.1 Å². The number of nitrogens with zero attached hydrogens (tertiary/aromatic N) is 1. The maximum Gasteiger partial charge on any atom is 0.573 e. The van der Waals surface area contributed by atoms with Crippen molar-refractivity contribution in [1.29, 1.82) is 5.26 Å². The Labute approximate surface area is 126 Å². The van der Waals surface area contributed by atoms with E-state index in [2.05, 4.69) is 10.1 Å². The van der Waals surface area contributed by atoms with Crippen LogP contribution in [0.2, 0.25) is 0 Å². The molecule has 0 unspecified atom stereocenters. The summed E-state index contributed by atoms with van der Waals surface area (Å²) in [6.45, 7) is 2.34.